The first kappa shape index (κ1) is 11.5. The minimum atomic E-state index is -0.506. The maximum absolute atomic E-state index is 11.4. The number of carbonyl (C=O) groups excluding carboxylic acids is 1. The van der Waals surface area contributed by atoms with E-state index < -0.39 is 16.9 Å². The summed E-state index contributed by atoms with van der Waals surface area (Å²) in [6.45, 7) is 0.441. The third kappa shape index (κ3) is 2.12. The number of fused-ring (bicyclic) bond motifs is 1. The fraction of sp³-hybridized carbons (Fsp3) is 0.364. The number of nitrogens with zero attached hydrogens (tertiary/aromatic N) is 1. The van der Waals surface area contributed by atoms with Crippen molar-refractivity contribution in [3.05, 3.63) is 39.4 Å². The lowest BCUT2D eigenvalue weighted by atomic mass is 9.94. The van der Waals surface area contributed by atoms with Gasteiger partial charge in [0.15, 0.2) is 0 Å². The van der Waals surface area contributed by atoms with E-state index >= 15 is 0 Å². The van der Waals surface area contributed by atoms with Crippen LogP contribution < -0.4 is 5.32 Å². The van der Waals surface area contributed by atoms with Crippen LogP contribution in [-0.2, 0) is 22.5 Å². The van der Waals surface area contributed by atoms with Crippen LogP contribution in [0, 0.1) is 10.1 Å². The van der Waals surface area contributed by atoms with Crippen molar-refractivity contribution in [3.8, 4) is 0 Å². The first-order chi connectivity index (χ1) is 8.13. The van der Waals surface area contributed by atoms with E-state index in [4.69, 9.17) is 0 Å². The number of nitro groups is 1. The smallest absolute Gasteiger partial charge is 0.323 e. The van der Waals surface area contributed by atoms with Gasteiger partial charge in [0, 0.05) is 24.6 Å². The lowest BCUT2D eigenvalue weighted by molar-refractivity contribution is -0.385. The number of hydrogen-bond acceptors (Lipinski definition) is 5. The van der Waals surface area contributed by atoms with Crippen molar-refractivity contribution in [2.24, 2.45) is 0 Å². The predicted octanol–water partition coefficient (Wildman–Crippen LogP) is 0.782. The van der Waals surface area contributed by atoms with Crippen LogP contribution in [0.1, 0.15) is 11.1 Å². The molecule has 1 aliphatic rings. The standard InChI is InChI=1S/C11H12N2O4/c1-17-11(14)9-5-8-7(6-12-9)3-2-4-10(8)13(15)16/h2-4,9,12H,5-6H2,1H3. The van der Waals surface area contributed by atoms with Crippen LogP contribution >= 0.6 is 0 Å². The lowest BCUT2D eigenvalue weighted by Gasteiger charge is -2.23. The Kier molecular flexibility index (Phi) is 3.06. The summed E-state index contributed by atoms with van der Waals surface area (Å²) in [6, 6.07) is 4.42. The van der Waals surface area contributed by atoms with Gasteiger partial charge in [0.2, 0.25) is 0 Å². The SMILES string of the molecule is COC(=O)C1Cc2c(cccc2[N+](=O)[O-])CN1. The van der Waals surface area contributed by atoms with Gasteiger partial charge >= 0.3 is 5.97 Å². The van der Waals surface area contributed by atoms with Crippen LogP contribution in [0.5, 0.6) is 0 Å². The molecule has 1 N–H and O–H groups in total. The van der Waals surface area contributed by atoms with Crippen LogP contribution in [0.3, 0.4) is 0 Å². The molecule has 0 bridgehead atoms. The van der Waals surface area contributed by atoms with Gasteiger partial charge in [0.05, 0.1) is 12.0 Å². The van der Waals surface area contributed by atoms with Gasteiger partial charge in [0.25, 0.3) is 5.69 Å². The average Bonchev–Trinajstić information content (AvgIpc) is 2.36. The highest BCUT2D eigenvalue weighted by Crippen LogP contribution is 2.26. The molecule has 0 radical (unpaired) electrons. The third-order valence-corrected chi connectivity index (χ3v) is 2.88. The zero-order chi connectivity index (χ0) is 12.4. The van der Waals surface area contributed by atoms with Crippen LogP contribution in [0.15, 0.2) is 18.2 Å². The molecule has 2 rings (SSSR count). The highest BCUT2D eigenvalue weighted by atomic mass is 16.6. The first-order valence-electron chi connectivity index (χ1n) is 5.20. The number of carbonyl (C=O) groups is 1. The predicted molar refractivity (Wildman–Crippen MR) is 59.4 cm³/mol. The van der Waals surface area contributed by atoms with Gasteiger partial charge in [-0.3, -0.25) is 20.2 Å². The normalized spacial score (nSPS) is 18.3. The fourth-order valence-corrected chi connectivity index (χ4v) is 2.01. The number of methoxy groups -OCH3 is 1. The number of nitro benzene ring substituents is 1. The number of ether oxygens (including phenoxy) is 1. The zero-order valence-corrected chi connectivity index (χ0v) is 9.30. The minimum Gasteiger partial charge on any atom is -0.468 e. The van der Waals surface area contributed by atoms with Crippen LogP contribution in [-0.4, -0.2) is 24.0 Å². The Labute approximate surface area is 97.7 Å². The maximum Gasteiger partial charge on any atom is 0.323 e. The number of nitrogens with one attached hydrogen (secondary N) is 1. The van der Waals surface area contributed by atoms with Gasteiger partial charge in [-0.25, -0.2) is 0 Å². The zero-order valence-electron chi connectivity index (χ0n) is 9.30. The second-order valence-corrected chi connectivity index (χ2v) is 3.83. The van der Waals surface area contributed by atoms with E-state index in [1.54, 1.807) is 6.07 Å². The van der Waals surface area contributed by atoms with Crippen molar-refractivity contribution >= 4 is 11.7 Å². The first-order valence-corrected chi connectivity index (χ1v) is 5.20. The molecule has 90 valence electrons. The van der Waals surface area contributed by atoms with Crippen LogP contribution in [0.25, 0.3) is 0 Å². The molecular weight excluding hydrogens is 224 g/mol. The van der Waals surface area contributed by atoms with Crippen LogP contribution in [0.4, 0.5) is 5.69 Å². The van der Waals surface area contributed by atoms with E-state index in [1.807, 2.05) is 6.07 Å². The van der Waals surface area contributed by atoms with E-state index in [0.717, 1.165) is 5.56 Å². The Morgan fingerprint density at radius 2 is 2.35 bits per heavy atom. The van der Waals surface area contributed by atoms with Crippen molar-refractivity contribution in [1.82, 2.24) is 5.32 Å². The summed E-state index contributed by atoms with van der Waals surface area (Å²) in [6.07, 6.45) is 0.291. The second-order valence-electron chi connectivity index (χ2n) is 3.83. The highest BCUT2D eigenvalue weighted by Gasteiger charge is 2.29. The summed E-state index contributed by atoms with van der Waals surface area (Å²) in [4.78, 5) is 21.9. The summed E-state index contributed by atoms with van der Waals surface area (Å²) in [5.74, 6) is -0.395. The summed E-state index contributed by atoms with van der Waals surface area (Å²) in [5.41, 5.74) is 1.55. The molecule has 1 aromatic carbocycles. The van der Waals surface area contributed by atoms with E-state index in [-0.39, 0.29) is 5.69 Å². The molecule has 1 unspecified atom stereocenters. The average molecular weight is 236 g/mol. The topological polar surface area (TPSA) is 81.5 Å². The van der Waals surface area contributed by atoms with Gasteiger partial charge in [-0.05, 0) is 5.56 Å². The van der Waals surface area contributed by atoms with Gasteiger partial charge < -0.3 is 4.74 Å². The van der Waals surface area contributed by atoms with Crippen molar-refractivity contribution < 1.29 is 14.5 Å². The highest BCUT2D eigenvalue weighted by molar-refractivity contribution is 5.77. The van der Waals surface area contributed by atoms with E-state index in [1.165, 1.54) is 13.2 Å². The van der Waals surface area contributed by atoms with E-state index in [0.29, 0.717) is 18.5 Å². The van der Waals surface area contributed by atoms with Crippen molar-refractivity contribution in [2.45, 2.75) is 19.0 Å². The molecule has 0 saturated heterocycles. The Morgan fingerprint density at radius 1 is 1.59 bits per heavy atom. The summed E-state index contributed by atoms with van der Waals surface area (Å²) < 4.78 is 4.63. The second kappa shape index (κ2) is 4.50. The number of hydrogen-bond donors (Lipinski definition) is 1. The van der Waals surface area contributed by atoms with Gasteiger partial charge in [-0.15, -0.1) is 0 Å². The Balaban J connectivity index is 2.35. The monoisotopic (exact) mass is 236 g/mol. The Hall–Kier alpha value is -1.95. The number of benzene rings is 1. The van der Waals surface area contributed by atoms with Crippen molar-refractivity contribution in [3.63, 3.8) is 0 Å². The number of rotatable bonds is 2. The molecule has 1 heterocycles. The molecule has 1 aromatic rings. The fourth-order valence-electron chi connectivity index (χ4n) is 2.01. The van der Waals surface area contributed by atoms with Gasteiger partial charge in [-0.1, -0.05) is 12.1 Å². The molecule has 0 aromatic heterocycles. The summed E-state index contributed by atoms with van der Waals surface area (Å²) in [7, 11) is 1.30. The molecule has 1 aliphatic heterocycles. The van der Waals surface area contributed by atoms with Gasteiger partial charge in [0.1, 0.15) is 6.04 Å². The molecule has 17 heavy (non-hydrogen) atoms. The molecule has 6 heteroatoms. The minimum absolute atomic E-state index is 0.0675. The molecule has 1 atom stereocenters. The molecule has 0 spiro atoms. The van der Waals surface area contributed by atoms with E-state index in [9.17, 15) is 14.9 Å². The molecule has 0 amide bonds. The maximum atomic E-state index is 11.4. The molecule has 0 fully saturated rings. The summed E-state index contributed by atoms with van der Waals surface area (Å²) in [5, 5.41) is 13.9. The number of esters is 1. The quantitative estimate of drug-likeness (QED) is 0.466. The Morgan fingerprint density at radius 3 is 3.00 bits per heavy atom. The Bertz CT molecular complexity index is 473. The largest absolute Gasteiger partial charge is 0.468 e. The molecule has 0 saturated carbocycles. The molecule has 0 aliphatic carbocycles. The van der Waals surface area contributed by atoms with E-state index in [2.05, 4.69) is 10.1 Å². The molecular formula is C11H12N2O4. The van der Waals surface area contributed by atoms with Crippen LogP contribution in [0.2, 0.25) is 0 Å². The summed E-state index contributed by atoms with van der Waals surface area (Å²) >= 11 is 0. The van der Waals surface area contributed by atoms with Crippen molar-refractivity contribution in [2.75, 3.05) is 7.11 Å². The molecule has 6 nitrogen and oxygen atoms in total. The van der Waals surface area contributed by atoms with Gasteiger partial charge in [-0.2, -0.15) is 0 Å². The third-order valence-electron chi connectivity index (χ3n) is 2.88. The lowest BCUT2D eigenvalue weighted by Crippen LogP contribution is -2.42. The van der Waals surface area contributed by atoms with Crippen molar-refractivity contribution in [1.29, 1.82) is 0 Å².